The third kappa shape index (κ3) is 2.31. The van der Waals surface area contributed by atoms with Crippen molar-refractivity contribution in [3.63, 3.8) is 0 Å². The summed E-state index contributed by atoms with van der Waals surface area (Å²) in [5.41, 5.74) is 0.351. The molecule has 0 aromatic carbocycles. The Labute approximate surface area is 60.5 Å². The molecule has 0 fully saturated rings. The summed E-state index contributed by atoms with van der Waals surface area (Å²) in [6, 6.07) is 0. The molecule has 0 aromatic heterocycles. The molecular weight excluding hydrogens is 200 g/mol. The Balaban J connectivity index is 4.23. The number of hydrogen-bond donors (Lipinski definition) is 1. The van der Waals surface area contributed by atoms with Crippen molar-refractivity contribution in [3.05, 3.63) is 9.36 Å². The molecule has 0 bridgehead atoms. The Bertz CT molecular complexity index is 133. The number of allylic oxidation sites excluding steroid dienone is 1. The van der Waals surface area contributed by atoms with Crippen LogP contribution in [-0.2, 0) is 25.9 Å². The summed E-state index contributed by atoms with van der Waals surface area (Å²) in [5, 5.41) is 8.26. The van der Waals surface area contributed by atoms with Crippen LogP contribution < -0.4 is 0 Å². The van der Waals surface area contributed by atoms with Crippen LogP contribution in [-0.4, -0.2) is 11.1 Å². The molecule has 0 aliphatic carbocycles. The zero-order chi connectivity index (χ0) is 6.73. The molecule has 0 saturated heterocycles. The average Bonchev–Trinajstić information content (AvgIpc) is 1.64. The molecule has 0 rings (SSSR count). The van der Waals surface area contributed by atoms with E-state index >= 15 is 0 Å². The molecule has 2 nitrogen and oxygen atoms in total. The van der Waals surface area contributed by atoms with Crippen molar-refractivity contribution in [2.45, 2.75) is 13.8 Å². The van der Waals surface area contributed by atoms with Crippen molar-refractivity contribution in [1.29, 1.82) is 0 Å². The number of carbonyl (C=O) groups is 1. The van der Waals surface area contributed by atoms with Gasteiger partial charge in [0.2, 0.25) is 0 Å². The molecule has 0 spiro atoms. The Morgan fingerprint density at radius 3 is 1.88 bits per heavy atom. The van der Waals surface area contributed by atoms with Gasteiger partial charge in [-0.25, -0.2) is 0 Å². The average molecular weight is 207 g/mol. The predicted molar refractivity (Wildman–Crippen MR) is 26.0 cm³/mol. The molecule has 0 amide bonds. The molecule has 0 aromatic rings. The zero-order valence-corrected chi connectivity index (χ0v) is 6.14. The van der Waals surface area contributed by atoms with E-state index in [1.54, 1.807) is 13.8 Å². The van der Waals surface area contributed by atoms with E-state index < -0.39 is 5.97 Å². The maximum atomic E-state index is 10.1. The van der Waals surface area contributed by atoms with Crippen molar-refractivity contribution in [2.75, 3.05) is 0 Å². The van der Waals surface area contributed by atoms with Gasteiger partial charge in [0.05, 0.1) is 0 Å². The predicted octanol–water partition coefficient (Wildman–Crippen LogP) is 0.912. The van der Waals surface area contributed by atoms with Gasteiger partial charge in [-0.1, -0.05) is 0 Å². The van der Waals surface area contributed by atoms with Gasteiger partial charge in [0.1, 0.15) is 0 Å². The number of carboxylic acid groups (broad SMARTS) is 1. The van der Waals surface area contributed by atoms with Crippen molar-refractivity contribution in [3.8, 4) is 0 Å². The monoisotopic (exact) mass is 206 g/mol. The Hall–Kier alpha value is -0.0497. The van der Waals surface area contributed by atoms with Crippen molar-refractivity contribution in [1.82, 2.24) is 0 Å². The molecule has 0 heterocycles. The second-order valence-corrected chi connectivity index (χ2v) is 2.52. The number of carboxylic acids is 1. The first-order valence-corrected chi connectivity index (χ1v) is 2.82. The summed E-state index contributed by atoms with van der Waals surface area (Å²) in [4.78, 5) is 10.1. The van der Waals surface area contributed by atoms with Crippen molar-refractivity contribution >= 4 is 5.97 Å². The minimum atomic E-state index is -0.876. The SMILES string of the molecule is C[C]([Ag])=C(C)C(=O)O. The first kappa shape index (κ1) is 7.95. The van der Waals surface area contributed by atoms with E-state index in [1.807, 2.05) is 0 Å². The van der Waals surface area contributed by atoms with Gasteiger partial charge in [-0.3, -0.25) is 0 Å². The van der Waals surface area contributed by atoms with Gasteiger partial charge < -0.3 is 0 Å². The third-order valence-corrected chi connectivity index (χ3v) is 1.36. The van der Waals surface area contributed by atoms with Crippen molar-refractivity contribution in [2.24, 2.45) is 0 Å². The fourth-order valence-electron chi connectivity index (χ4n) is 0.139. The number of rotatable bonds is 1. The number of aliphatic carboxylic acids is 1. The Kier molecular flexibility index (Phi) is 3.05. The first-order valence-electron chi connectivity index (χ1n) is 2.08. The normalized spacial score (nSPS) is 13.0. The van der Waals surface area contributed by atoms with E-state index in [1.165, 1.54) is 0 Å². The van der Waals surface area contributed by atoms with Crippen LogP contribution in [0.5, 0.6) is 0 Å². The molecule has 0 aliphatic heterocycles. The summed E-state index contributed by atoms with van der Waals surface area (Å²) >= 11 is 3.06. The van der Waals surface area contributed by atoms with Crippen LogP contribution in [0, 0.1) is 0 Å². The van der Waals surface area contributed by atoms with E-state index in [-0.39, 0.29) is 0 Å². The molecule has 0 aliphatic rings. The van der Waals surface area contributed by atoms with Crippen LogP contribution in [0.1, 0.15) is 13.8 Å². The van der Waals surface area contributed by atoms with Crippen LogP contribution in [0.15, 0.2) is 9.36 Å². The summed E-state index contributed by atoms with van der Waals surface area (Å²) < 4.78 is 0.669. The summed E-state index contributed by atoms with van der Waals surface area (Å²) in [6.07, 6.45) is 0. The quantitative estimate of drug-likeness (QED) is 0.512. The van der Waals surface area contributed by atoms with Gasteiger partial charge >= 0.3 is 60.1 Å². The molecule has 0 unspecified atom stereocenters. The zero-order valence-electron chi connectivity index (χ0n) is 4.66. The molecule has 0 radical (unpaired) electrons. The molecule has 0 saturated carbocycles. The van der Waals surface area contributed by atoms with Gasteiger partial charge in [-0.05, 0) is 0 Å². The Morgan fingerprint density at radius 1 is 1.50 bits per heavy atom. The van der Waals surface area contributed by atoms with Crippen LogP contribution in [0.2, 0.25) is 0 Å². The van der Waals surface area contributed by atoms with Gasteiger partial charge in [0.15, 0.2) is 0 Å². The second-order valence-electron chi connectivity index (χ2n) is 1.41. The van der Waals surface area contributed by atoms with E-state index in [2.05, 4.69) is 21.1 Å². The molecular formula is C5H7AgO2. The van der Waals surface area contributed by atoms with Gasteiger partial charge in [-0.15, -0.1) is 0 Å². The molecule has 1 N–H and O–H groups in total. The van der Waals surface area contributed by atoms with Crippen LogP contribution in [0.25, 0.3) is 0 Å². The van der Waals surface area contributed by atoms with Gasteiger partial charge in [0, 0.05) is 0 Å². The Morgan fingerprint density at radius 2 is 1.88 bits per heavy atom. The summed E-state index contributed by atoms with van der Waals surface area (Å²) in [5.74, 6) is -0.876. The second kappa shape index (κ2) is 3.07. The fourth-order valence-corrected chi connectivity index (χ4v) is 0.298. The molecule has 0 atom stereocenters. The summed E-state index contributed by atoms with van der Waals surface area (Å²) in [6.45, 7) is 3.24. The standard InChI is InChI=1S/C5H7O2.Ag/c1-3-4(2)5(6)7;/h1-2H3,(H,6,7);. The van der Waals surface area contributed by atoms with E-state index in [0.717, 1.165) is 0 Å². The van der Waals surface area contributed by atoms with Crippen molar-refractivity contribution < 1.29 is 31.0 Å². The minimum absolute atomic E-state index is 0.351. The van der Waals surface area contributed by atoms with E-state index in [4.69, 9.17) is 5.11 Å². The molecule has 8 heavy (non-hydrogen) atoms. The van der Waals surface area contributed by atoms with E-state index in [0.29, 0.717) is 9.36 Å². The number of hydrogen-bond acceptors (Lipinski definition) is 1. The van der Waals surface area contributed by atoms with Gasteiger partial charge in [-0.2, -0.15) is 0 Å². The van der Waals surface area contributed by atoms with Crippen LogP contribution >= 0.6 is 0 Å². The molecule has 50 valence electrons. The maximum absolute atomic E-state index is 10.1. The van der Waals surface area contributed by atoms with Crippen LogP contribution in [0.3, 0.4) is 0 Å². The first-order chi connectivity index (χ1) is 3.55. The van der Waals surface area contributed by atoms with Crippen LogP contribution in [0.4, 0.5) is 0 Å². The third-order valence-electron chi connectivity index (χ3n) is 0.809. The summed E-state index contributed by atoms with van der Waals surface area (Å²) in [7, 11) is 0. The van der Waals surface area contributed by atoms with E-state index in [9.17, 15) is 4.79 Å². The van der Waals surface area contributed by atoms with Gasteiger partial charge in [0.25, 0.3) is 0 Å². The fraction of sp³-hybridized carbons (Fsp3) is 0.400. The topological polar surface area (TPSA) is 37.3 Å². The molecule has 3 heteroatoms.